The molecular formula is C13H21Zr-7. The fraction of sp³-hybridized carbons (Fsp3) is 0.154. The Balaban J connectivity index is -0.0000000227. The van der Waals surface area contributed by atoms with Crippen molar-refractivity contribution in [2.24, 2.45) is 0 Å². The third-order valence-corrected chi connectivity index (χ3v) is 1.17. The van der Waals surface area contributed by atoms with E-state index in [4.69, 9.17) is 0 Å². The molecular weight excluding hydrogens is 247 g/mol. The van der Waals surface area contributed by atoms with Gasteiger partial charge in [0, 0.05) is 26.2 Å². The topological polar surface area (TPSA) is 0 Å². The fourth-order valence-corrected chi connectivity index (χ4v) is 0.680. The van der Waals surface area contributed by atoms with Crippen molar-refractivity contribution in [3.8, 4) is 0 Å². The minimum Gasteiger partial charge on any atom is -1.00 e. The van der Waals surface area contributed by atoms with Gasteiger partial charge >= 0.3 is 0 Å². The van der Waals surface area contributed by atoms with Crippen LogP contribution in [0.2, 0.25) is 0 Å². The molecule has 0 aromatic heterocycles. The summed E-state index contributed by atoms with van der Waals surface area (Å²) >= 11 is 0. The summed E-state index contributed by atoms with van der Waals surface area (Å²) in [5, 5.41) is 0. The first kappa shape index (κ1) is 23.6. The molecule has 0 saturated carbocycles. The molecule has 2 rings (SSSR count). The van der Waals surface area contributed by atoms with Crippen LogP contribution in [0.3, 0.4) is 0 Å². The van der Waals surface area contributed by atoms with Crippen LogP contribution in [0.1, 0.15) is 15.7 Å². The predicted octanol–water partition coefficient (Wildman–Crippen LogP) is 4.18. The van der Waals surface area contributed by atoms with Crippen LogP contribution in [-0.4, -0.2) is 0 Å². The molecule has 2 aliphatic carbocycles. The molecule has 1 heteroatoms. The first-order valence-corrected chi connectivity index (χ1v) is 3.43. The molecule has 0 amide bonds. The van der Waals surface area contributed by atoms with Crippen LogP contribution in [0.15, 0.2) is 36.5 Å². The van der Waals surface area contributed by atoms with Gasteiger partial charge in [-0.05, 0) is 0 Å². The average molecular weight is 269 g/mol. The normalized spacial score (nSPS) is 12.6. The third kappa shape index (κ3) is 14.4. The number of rotatable bonds is 0. The summed E-state index contributed by atoms with van der Waals surface area (Å²) in [6, 6.07) is 0. The predicted molar refractivity (Wildman–Crippen MR) is 64.6 cm³/mol. The molecule has 0 N–H and O–H groups in total. The van der Waals surface area contributed by atoms with Crippen molar-refractivity contribution in [3.05, 3.63) is 70.9 Å². The van der Waals surface area contributed by atoms with Crippen molar-refractivity contribution >= 4 is 0 Å². The van der Waals surface area contributed by atoms with E-state index in [2.05, 4.69) is 24.3 Å². The van der Waals surface area contributed by atoms with Gasteiger partial charge in [0.2, 0.25) is 0 Å². The van der Waals surface area contributed by atoms with Gasteiger partial charge < -0.3 is 25.1 Å². The van der Waals surface area contributed by atoms with Crippen molar-refractivity contribution in [1.82, 2.24) is 0 Å². The van der Waals surface area contributed by atoms with Crippen molar-refractivity contribution in [2.45, 2.75) is 12.8 Å². The molecule has 0 unspecified atom stereocenters. The van der Waals surface area contributed by atoms with Crippen LogP contribution >= 0.6 is 0 Å². The van der Waals surface area contributed by atoms with E-state index in [-0.39, 0.29) is 51.3 Å². The van der Waals surface area contributed by atoms with Crippen LogP contribution in [0.5, 0.6) is 0 Å². The number of allylic oxidation sites excluding steroid dienone is 8. The maximum absolute atomic E-state index is 2.99. The van der Waals surface area contributed by atoms with E-state index in [1.54, 1.807) is 0 Å². The Morgan fingerprint density at radius 1 is 0.786 bits per heavy atom. The van der Waals surface area contributed by atoms with Gasteiger partial charge in [-0.25, -0.2) is 24.3 Å². The maximum atomic E-state index is 2.99. The fourth-order valence-electron chi connectivity index (χ4n) is 0.680. The van der Waals surface area contributed by atoms with Crippen molar-refractivity contribution < 1.29 is 29.1 Å². The van der Waals surface area contributed by atoms with Gasteiger partial charge in [-0.15, -0.1) is 12.8 Å². The molecule has 0 aromatic carbocycles. The van der Waals surface area contributed by atoms with Gasteiger partial charge in [0.25, 0.3) is 0 Å². The molecule has 14 heavy (non-hydrogen) atoms. The Labute approximate surface area is 113 Å². The second-order valence-corrected chi connectivity index (χ2v) is 2.01. The van der Waals surface area contributed by atoms with Gasteiger partial charge in [-0.1, -0.05) is 0 Å². The molecule has 0 aromatic rings. The summed E-state index contributed by atoms with van der Waals surface area (Å²) in [5.74, 6) is 0. The summed E-state index contributed by atoms with van der Waals surface area (Å²) < 4.78 is 0. The van der Waals surface area contributed by atoms with Crippen molar-refractivity contribution in [2.75, 3.05) is 0 Å². The number of hydrogen-bond acceptors (Lipinski definition) is 0. The third-order valence-electron chi connectivity index (χ3n) is 1.17. The molecule has 0 aliphatic heterocycles. The Morgan fingerprint density at radius 2 is 1.14 bits per heavy atom. The largest absolute Gasteiger partial charge is 1.00 e. The first-order valence-electron chi connectivity index (χ1n) is 3.43. The van der Waals surface area contributed by atoms with Crippen molar-refractivity contribution in [1.29, 1.82) is 0 Å². The van der Waals surface area contributed by atoms with Crippen LogP contribution in [-0.2, 0) is 26.2 Å². The standard InChI is InChI=1S/2C5H5.3CH3.Zr.2H/c2*1-2-4-5-3-1;;;;;;/h2*1-3H,4H2;3*1H3;;;/q5*-1;;2*-1. The van der Waals surface area contributed by atoms with E-state index in [1.807, 2.05) is 24.3 Å². The molecule has 84 valence electrons. The summed E-state index contributed by atoms with van der Waals surface area (Å²) in [6.45, 7) is 0. The zero-order valence-electron chi connectivity index (χ0n) is 11.4. The maximum Gasteiger partial charge on any atom is 0 e. The molecule has 0 atom stereocenters. The zero-order chi connectivity index (χ0) is 7.07. The first-order chi connectivity index (χ1) is 5.00. The average Bonchev–Trinajstić information content (AvgIpc) is 2.67. The molecule has 0 heterocycles. The minimum absolute atomic E-state index is 0. The second-order valence-electron chi connectivity index (χ2n) is 2.01. The SMILES string of the molecule is [C-]1=CC=CC1.[C-]1=CC=CC1.[CH3-].[CH3-].[CH3-].[H-].[H-].[Zr]. The van der Waals surface area contributed by atoms with Crippen LogP contribution in [0.4, 0.5) is 0 Å². The molecule has 0 fully saturated rings. The molecule has 0 nitrogen and oxygen atoms in total. The smallest absolute Gasteiger partial charge is 0 e. The Bertz CT molecular complexity index is 152. The van der Waals surface area contributed by atoms with E-state index in [0.29, 0.717) is 0 Å². The van der Waals surface area contributed by atoms with Gasteiger partial charge in [0.1, 0.15) is 0 Å². The minimum atomic E-state index is 0. The Morgan fingerprint density at radius 3 is 1.21 bits per heavy atom. The second kappa shape index (κ2) is 18.6. The quantitative estimate of drug-likeness (QED) is 0.578. The summed E-state index contributed by atoms with van der Waals surface area (Å²) in [5.41, 5.74) is 0. The van der Waals surface area contributed by atoms with Crippen LogP contribution < -0.4 is 0 Å². The van der Waals surface area contributed by atoms with Gasteiger partial charge in [-0.2, -0.15) is 12.2 Å². The molecule has 0 radical (unpaired) electrons. The van der Waals surface area contributed by atoms with Crippen molar-refractivity contribution in [3.63, 3.8) is 0 Å². The van der Waals surface area contributed by atoms with Gasteiger partial charge in [0.05, 0.1) is 0 Å². The molecule has 0 spiro atoms. The van der Waals surface area contributed by atoms with E-state index < -0.39 is 0 Å². The molecule has 0 bridgehead atoms. The van der Waals surface area contributed by atoms with Gasteiger partial charge in [-0.3, -0.25) is 12.2 Å². The number of hydrogen-bond donors (Lipinski definition) is 0. The summed E-state index contributed by atoms with van der Waals surface area (Å²) in [7, 11) is 0. The van der Waals surface area contributed by atoms with E-state index in [1.165, 1.54) is 0 Å². The van der Waals surface area contributed by atoms with E-state index >= 15 is 0 Å². The summed E-state index contributed by atoms with van der Waals surface area (Å²) in [6.07, 6.45) is 20.0. The molecule has 2 aliphatic rings. The van der Waals surface area contributed by atoms with E-state index in [9.17, 15) is 0 Å². The monoisotopic (exact) mass is 267 g/mol. The summed E-state index contributed by atoms with van der Waals surface area (Å²) in [4.78, 5) is 0. The zero-order valence-corrected chi connectivity index (χ0v) is 11.8. The van der Waals surface area contributed by atoms with Crippen LogP contribution in [0, 0.1) is 34.4 Å². The van der Waals surface area contributed by atoms with Gasteiger partial charge in [0.15, 0.2) is 0 Å². The Hall–Kier alpha value is -0.157. The Kier molecular flexibility index (Phi) is 31.3. The van der Waals surface area contributed by atoms with Crippen LogP contribution in [0.25, 0.3) is 0 Å². The molecule has 0 saturated heterocycles. The van der Waals surface area contributed by atoms with E-state index in [0.717, 1.165) is 12.8 Å².